The minimum absolute atomic E-state index is 0.0804. The number of benzene rings is 1. The van der Waals surface area contributed by atoms with Crippen molar-refractivity contribution in [2.45, 2.75) is 38.2 Å². The Bertz CT molecular complexity index is 676. The van der Waals surface area contributed by atoms with Crippen molar-refractivity contribution in [3.05, 3.63) is 41.0 Å². The first-order chi connectivity index (χ1) is 12.8. The van der Waals surface area contributed by atoms with Crippen molar-refractivity contribution >= 4 is 11.6 Å². The Morgan fingerprint density at radius 1 is 1.31 bits per heavy atom. The van der Waals surface area contributed by atoms with Crippen molar-refractivity contribution in [2.75, 3.05) is 33.0 Å². The number of rotatable bonds is 6. The highest BCUT2D eigenvalue weighted by Crippen LogP contribution is 2.34. The molecule has 1 aromatic rings. The van der Waals surface area contributed by atoms with Gasteiger partial charge in [-0.2, -0.15) is 0 Å². The van der Waals surface area contributed by atoms with Crippen LogP contribution in [-0.2, 0) is 27.1 Å². The number of hydrogen-bond donors (Lipinski definition) is 2. The van der Waals surface area contributed by atoms with Gasteiger partial charge in [0.15, 0.2) is 0 Å². The van der Waals surface area contributed by atoms with Crippen LogP contribution in [0.5, 0.6) is 0 Å². The smallest absolute Gasteiger partial charge is 0.207 e. The van der Waals surface area contributed by atoms with Crippen LogP contribution >= 0.6 is 0 Å². The third-order valence-corrected chi connectivity index (χ3v) is 5.29. The van der Waals surface area contributed by atoms with E-state index < -0.39 is 0 Å². The van der Waals surface area contributed by atoms with Crippen LogP contribution in [0.1, 0.15) is 36.0 Å². The van der Waals surface area contributed by atoms with Gasteiger partial charge in [0.25, 0.3) is 0 Å². The predicted molar refractivity (Wildman–Crippen MR) is 101 cm³/mol. The van der Waals surface area contributed by atoms with E-state index in [1.54, 1.807) is 6.08 Å². The molecule has 3 aliphatic rings. The lowest BCUT2D eigenvalue weighted by Crippen LogP contribution is -2.33. The van der Waals surface area contributed by atoms with Gasteiger partial charge in [0.2, 0.25) is 5.90 Å². The molecule has 0 radical (unpaired) electrons. The standard InChI is InChI=1S/C21H28N2O3/c22-21(26-14-18-13-24-9-10-25-18)12-20-19-6-5-16(4-3-15-1-2-15)11-17(19)7-8-23-20/h5-6,11-12,15,18,22-23H,1-4,7-10,13-14H2/b20-12-,22-21?/t18-/m1/s1. The normalized spacial score (nSPS) is 24.0. The SMILES string of the molecule is N=C(/C=C1\NCCc2cc(CCC3CC3)ccc21)OC[C@H]1COCCO1. The molecule has 26 heavy (non-hydrogen) atoms. The molecule has 0 amide bonds. The van der Waals surface area contributed by atoms with Crippen molar-refractivity contribution in [2.24, 2.45) is 5.92 Å². The molecule has 5 heteroatoms. The molecule has 4 rings (SSSR count). The highest BCUT2D eigenvalue weighted by atomic mass is 16.6. The van der Waals surface area contributed by atoms with Gasteiger partial charge in [0.1, 0.15) is 12.7 Å². The van der Waals surface area contributed by atoms with E-state index >= 15 is 0 Å². The first-order valence-corrected chi connectivity index (χ1v) is 9.76. The van der Waals surface area contributed by atoms with Gasteiger partial charge < -0.3 is 19.5 Å². The van der Waals surface area contributed by atoms with Crippen LogP contribution in [0.3, 0.4) is 0 Å². The third-order valence-electron chi connectivity index (χ3n) is 5.29. The highest BCUT2D eigenvalue weighted by Gasteiger charge is 2.21. The average molecular weight is 356 g/mol. The van der Waals surface area contributed by atoms with E-state index in [1.165, 1.54) is 42.4 Å². The molecule has 1 aliphatic carbocycles. The van der Waals surface area contributed by atoms with Crippen molar-refractivity contribution in [3.8, 4) is 0 Å². The van der Waals surface area contributed by atoms with Crippen LogP contribution in [0.4, 0.5) is 0 Å². The van der Waals surface area contributed by atoms with Gasteiger partial charge in [-0.15, -0.1) is 0 Å². The number of ether oxygens (including phenoxy) is 3. The topological polar surface area (TPSA) is 63.6 Å². The lowest BCUT2D eigenvalue weighted by atomic mass is 9.94. The third kappa shape index (κ3) is 4.65. The molecule has 2 aliphatic heterocycles. The second-order valence-corrected chi connectivity index (χ2v) is 7.45. The fourth-order valence-corrected chi connectivity index (χ4v) is 3.59. The molecule has 0 aromatic heterocycles. The Balaban J connectivity index is 1.37. The first kappa shape index (κ1) is 17.6. The molecule has 0 bridgehead atoms. The van der Waals surface area contributed by atoms with Crippen LogP contribution in [0.2, 0.25) is 0 Å². The Kier molecular flexibility index (Phi) is 5.56. The minimum Gasteiger partial charge on any atom is -0.475 e. The van der Waals surface area contributed by atoms with Gasteiger partial charge in [0.05, 0.1) is 19.8 Å². The highest BCUT2D eigenvalue weighted by molar-refractivity contribution is 5.93. The molecule has 1 saturated carbocycles. The zero-order valence-electron chi connectivity index (χ0n) is 15.3. The molecule has 0 spiro atoms. The maximum atomic E-state index is 8.11. The van der Waals surface area contributed by atoms with Crippen molar-refractivity contribution < 1.29 is 14.2 Å². The van der Waals surface area contributed by atoms with Gasteiger partial charge in [-0.25, -0.2) is 0 Å². The van der Waals surface area contributed by atoms with Gasteiger partial charge in [0, 0.05) is 23.9 Å². The summed E-state index contributed by atoms with van der Waals surface area (Å²) in [6.07, 6.45) is 8.08. The van der Waals surface area contributed by atoms with E-state index in [9.17, 15) is 0 Å². The molecular formula is C21H28N2O3. The zero-order chi connectivity index (χ0) is 17.8. The van der Waals surface area contributed by atoms with Crippen LogP contribution in [0, 0.1) is 11.3 Å². The maximum Gasteiger partial charge on any atom is 0.207 e. The summed E-state index contributed by atoms with van der Waals surface area (Å²) in [4.78, 5) is 0. The van der Waals surface area contributed by atoms with Crippen LogP contribution in [-0.4, -0.2) is 45.0 Å². The Labute approximate surface area is 155 Å². The van der Waals surface area contributed by atoms with Gasteiger partial charge in [-0.3, -0.25) is 5.41 Å². The van der Waals surface area contributed by atoms with Crippen LogP contribution in [0.25, 0.3) is 5.70 Å². The largest absolute Gasteiger partial charge is 0.475 e. The Hall–Kier alpha value is -1.85. The molecule has 1 atom stereocenters. The van der Waals surface area contributed by atoms with Gasteiger partial charge >= 0.3 is 0 Å². The van der Waals surface area contributed by atoms with Crippen LogP contribution < -0.4 is 5.32 Å². The molecule has 2 fully saturated rings. The quantitative estimate of drug-likeness (QED) is 0.608. The average Bonchev–Trinajstić information content (AvgIpc) is 3.50. The summed E-state index contributed by atoms with van der Waals surface area (Å²) in [5.74, 6) is 1.13. The summed E-state index contributed by atoms with van der Waals surface area (Å²) in [7, 11) is 0. The lowest BCUT2D eigenvalue weighted by molar-refractivity contribution is -0.103. The summed E-state index contributed by atoms with van der Waals surface area (Å²) < 4.78 is 16.5. The molecule has 2 N–H and O–H groups in total. The lowest BCUT2D eigenvalue weighted by Gasteiger charge is -2.24. The molecule has 140 valence electrons. The van der Waals surface area contributed by atoms with E-state index in [-0.39, 0.29) is 12.0 Å². The summed E-state index contributed by atoms with van der Waals surface area (Å²) in [5, 5.41) is 11.5. The van der Waals surface area contributed by atoms with Crippen molar-refractivity contribution in [3.63, 3.8) is 0 Å². The second kappa shape index (κ2) is 8.23. The second-order valence-electron chi connectivity index (χ2n) is 7.45. The van der Waals surface area contributed by atoms with Gasteiger partial charge in [-0.05, 0) is 36.3 Å². The minimum atomic E-state index is -0.0804. The molecule has 5 nitrogen and oxygen atoms in total. The Morgan fingerprint density at radius 3 is 3.04 bits per heavy atom. The first-order valence-electron chi connectivity index (χ1n) is 9.76. The van der Waals surface area contributed by atoms with E-state index in [4.69, 9.17) is 19.6 Å². The summed E-state index contributed by atoms with van der Waals surface area (Å²) in [6, 6.07) is 6.78. The van der Waals surface area contributed by atoms with Gasteiger partial charge in [-0.1, -0.05) is 31.0 Å². The monoisotopic (exact) mass is 356 g/mol. The number of nitrogens with one attached hydrogen (secondary N) is 2. The fourth-order valence-electron chi connectivity index (χ4n) is 3.59. The zero-order valence-corrected chi connectivity index (χ0v) is 15.3. The van der Waals surface area contributed by atoms with Crippen molar-refractivity contribution in [1.82, 2.24) is 5.32 Å². The van der Waals surface area contributed by atoms with Crippen molar-refractivity contribution in [1.29, 1.82) is 5.41 Å². The Morgan fingerprint density at radius 2 is 2.23 bits per heavy atom. The van der Waals surface area contributed by atoms with E-state index in [0.717, 1.165) is 24.6 Å². The number of hydrogen-bond acceptors (Lipinski definition) is 5. The summed E-state index contributed by atoms with van der Waals surface area (Å²) >= 11 is 0. The predicted octanol–water partition coefficient (Wildman–Crippen LogP) is 2.93. The van der Waals surface area contributed by atoms with E-state index in [1.807, 2.05) is 0 Å². The number of aryl methyl sites for hydroxylation is 1. The van der Waals surface area contributed by atoms with E-state index in [0.29, 0.717) is 26.4 Å². The molecule has 2 heterocycles. The molecule has 1 aromatic carbocycles. The number of fused-ring (bicyclic) bond motifs is 1. The maximum absolute atomic E-state index is 8.11. The summed E-state index contributed by atoms with van der Waals surface area (Å²) in [6.45, 7) is 3.03. The molecule has 0 unspecified atom stereocenters. The molecular weight excluding hydrogens is 328 g/mol. The van der Waals surface area contributed by atoms with Crippen LogP contribution in [0.15, 0.2) is 24.3 Å². The molecule has 1 saturated heterocycles. The fraction of sp³-hybridized carbons (Fsp3) is 0.571. The van der Waals surface area contributed by atoms with E-state index in [2.05, 4.69) is 23.5 Å². The summed E-state index contributed by atoms with van der Waals surface area (Å²) in [5.41, 5.74) is 4.99.